The van der Waals surface area contributed by atoms with Crippen molar-refractivity contribution in [3.8, 4) is 0 Å². The second-order valence-corrected chi connectivity index (χ2v) is 4.29. The maximum Gasteiger partial charge on any atom is 0.357 e. The van der Waals surface area contributed by atoms with E-state index in [1.807, 2.05) is 0 Å². The van der Waals surface area contributed by atoms with E-state index in [2.05, 4.69) is 4.98 Å². The Kier molecular flexibility index (Phi) is 5.20. The Bertz CT molecular complexity index is 432. The van der Waals surface area contributed by atoms with E-state index in [0.717, 1.165) is 11.3 Å². The van der Waals surface area contributed by atoms with E-state index in [-0.39, 0.29) is 17.3 Å². The summed E-state index contributed by atoms with van der Waals surface area (Å²) in [6.07, 6.45) is -3.51. The molecule has 0 saturated heterocycles. The molecule has 0 amide bonds. The Labute approximate surface area is 107 Å². The van der Waals surface area contributed by atoms with Gasteiger partial charge in [0.25, 0.3) is 0 Å². The number of esters is 1. The lowest BCUT2D eigenvalue weighted by atomic mass is 10.1. The number of carbonyl (C=O) groups is 2. The van der Waals surface area contributed by atoms with Crippen LogP contribution in [0, 0.1) is 0 Å². The lowest BCUT2D eigenvalue weighted by molar-refractivity contribution is -0.141. The van der Waals surface area contributed by atoms with Crippen molar-refractivity contribution in [2.24, 2.45) is 0 Å². The number of carboxylic acid groups (broad SMARTS) is 1. The average Bonchev–Trinajstić information content (AvgIpc) is 2.76. The normalized spacial score (nSPS) is 13.9. The maximum atomic E-state index is 11.3. The zero-order valence-electron chi connectivity index (χ0n) is 9.57. The van der Waals surface area contributed by atoms with Gasteiger partial charge in [-0.2, -0.15) is 0 Å². The van der Waals surface area contributed by atoms with Crippen molar-refractivity contribution >= 4 is 23.3 Å². The van der Waals surface area contributed by atoms with E-state index in [1.165, 1.54) is 5.38 Å². The quantitative estimate of drug-likeness (QED) is 0.634. The standard InChI is InChI=1S/C10H13NO6S/c1-2-17-10(16)5-4-18-9(11-5)8(15)6(12)3-7(13)14/h4,6,8,12,15H,2-3H2,1H3,(H,13,14). The number of thiazole rings is 1. The van der Waals surface area contributed by atoms with E-state index < -0.39 is 30.6 Å². The van der Waals surface area contributed by atoms with E-state index in [4.69, 9.17) is 9.84 Å². The van der Waals surface area contributed by atoms with Gasteiger partial charge < -0.3 is 20.1 Å². The summed E-state index contributed by atoms with van der Waals surface area (Å²) in [5.74, 6) is -1.86. The minimum atomic E-state index is -1.47. The molecule has 100 valence electrons. The van der Waals surface area contributed by atoms with Crippen LogP contribution in [0.15, 0.2) is 5.38 Å². The van der Waals surface area contributed by atoms with Gasteiger partial charge in [-0.3, -0.25) is 4.79 Å². The third-order valence-electron chi connectivity index (χ3n) is 2.01. The molecule has 1 aromatic heterocycles. The minimum absolute atomic E-state index is 0.0263. The molecule has 3 N–H and O–H groups in total. The van der Waals surface area contributed by atoms with Crippen molar-refractivity contribution in [1.82, 2.24) is 4.98 Å². The highest BCUT2D eigenvalue weighted by atomic mass is 32.1. The summed E-state index contributed by atoms with van der Waals surface area (Å²) in [7, 11) is 0. The number of carboxylic acids is 1. The first kappa shape index (κ1) is 14.6. The number of aliphatic carboxylic acids is 1. The van der Waals surface area contributed by atoms with E-state index in [9.17, 15) is 19.8 Å². The van der Waals surface area contributed by atoms with Gasteiger partial charge in [0.05, 0.1) is 19.1 Å². The monoisotopic (exact) mass is 275 g/mol. The molecule has 0 radical (unpaired) electrons. The van der Waals surface area contributed by atoms with E-state index in [0.29, 0.717) is 0 Å². The van der Waals surface area contributed by atoms with Crippen molar-refractivity contribution in [2.75, 3.05) is 6.61 Å². The summed E-state index contributed by atoms with van der Waals surface area (Å²) in [4.78, 5) is 25.5. The van der Waals surface area contributed by atoms with Crippen LogP contribution in [0.2, 0.25) is 0 Å². The lowest BCUT2D eigenvalue weighted by Crippen LogP contribution is -2.21. The van der Waals surface area contributed by atoms with E-state index >= 15 is 0 Å². The molecule has 0 fully saturated rings. The molecular formula is C10H13NO6S. The smallest absolute Gasteiger partial charge is 0.357 e. The summed E-state index contributed by atoms with van der Waals surface area (Å²) in [6, 6.07) is 0. The van der Waals surface area contributed by atoms with Crippen LogP contribution in [0.25, 0.3) is 0 Å². The first-order valence-electron chi connectivity index (χ1n) is 5.16. The van der Waals surface area contributed by atoms with Crippen LogP contribution < -0.4 is 0 Å². The van der Waals surface area contributed by atoms with Gasteiger partial charge in [0.1, 0.15) is 11.1 Å². The van der Waals surface area contributed by atoms with Gasteiger partial charge >= 0.3 is 11.9 Å². The number of carbonyl (C=O) groups excluding carboxylic acids is 1. The lowest BCUT2D eigenvalue weighted by Gasteiger charge is -2.12. The molecule has 0 saturated carbocycles. The summed E-state index contributed by atoms with van der Waals surface area (Å²) in [5, 5.41) is 29.0. The van der Waals surface area contributed by atoms with Crippen molar-refractivity contribution in [2.45, 2.75) is 25.6 Å². The fourth-order valence-electron chi connectivity index (χ4n) is 1.18. The van der Waals surface area contributed by atoms with Crippen LogP contribution in [0.1, 0.15) is 34.9 Å². The zero-order chi connectivity index (χ0) is 13.7. The highest BCUT2D eigenvalue weighted by Crippen LogP contribution is 2.23. The Morgan fingerprint density at radius 1 is 1.50 bits per heavy atom. The first-order chi connectivity index (χ1) is 8.45. The molecule has 0 aromatic carbocycles. The van der Waals surface area contributed by atoms with Crippen LogP contribution in [0.3, 0.4) is 0 Å². The third-order valence-corrected chi connectivity index (χ3v) is 2.92. The highest BCUT2D eigenvalue weighted by Gasteiger charge is 2.25. The van der Waals surface area contributed by atoms with Crippen LogP contribution >= 0.6 is 11.3 Å². The van der Waals surface area contributed by atoms with Crippen molar-refractivity contribution in [3.63, 3.8) is 0 Å². The molecule has 2 atom stereocenters. The first-order valence-corrected chi connectivity index (χ1v) is 6.04. The van der Waals surface area contributed by atoms with Gasteiger partial charge in [-0.25, -0.2) is 9.78 Å². The zero-order valence-corrected chi connectivity index (χ0v) is 10.4. The molecule has 0 aliphatic carbocycles. The van der Waals surface area contributed by atoms with Gasteiger partial charge in [0.2, 0.25) is 0 Å². The molecule has 2 unspecified atom stereocenters. The molecule has 0 spiro atoms. The summed E-state index contributed by atoms with van der Waals surface area (Å²) < 4.78 is 4.71. The van der Waals surface area contributed by atoms with Gasteiger partial charge in [-0.1, -0.05) is 0 Å². The number of rotatable bonds is 6. The molecule has 0 bridgehead atoms. The van der Waals surface area contributed by atoms with Gasteiger partial charge in [0.15, 0.2) is 5.69 Å². The molecule has 1 heterocycles. The predicted molar refractivity (Wildman–Crippen MR) is 61.3 cm³/mol. The molecule has 0 aliphatic heterocycles. The van der Waals surface area contributed by atoms with Crippen LogP contribution in [-0.2, 0) is 9.53 Å². The minimum Gasteiger partial charge on any atom is -0.481 e. The molecule has 7 nitrogen and oxygen atoms in total. The maximum absolute atomic E-state index is 11.3. The number of hydrogen-bond donors (Lipinski definition) is 3. The molecular weight excluding hydrogens is 262 g/mol. The fraction of sp³-hybridized carbons (Fsp3) is 0.500. The number of aliphatic hydroxyl groups excluding tert-OH is 2. The highest BCUT2D eigenvalue weighted by molar-refractivity contribution is 7.09. The number of hydrogen-bond acceptors (Lipinski definition) is 7. The van der Waals surface area contributed by atoms with Crippen molar-refractivity contribution in [1.29, 1.82) is 0 Å². The Hall–Kier alpha value is -1.51. The number of nitrogens with zero attached hydrogens (tertiary/aromatic N) is 1. The summed E-state index contributed by atoms with van der Waals surface area (Å²) in [6.45, 7) is 1.85. The Morgan fingerprint density at radius 2 is 2.17 bits per heavy atom. The van der Waals surface area contributed by atoms with Gasteiger partial charge in [0, 0.05) is 5.38 Å². The molecule has 18 heavy (non-hydrogen) atoms. The topological polar surface area (TPSA) is 117 Å². The van der Waals surface area contributed by atoms with Crippen LogP contribution in [0.4, 0.5) is 0 Å². The second kappa shape index (κ2) is 6.43. The molecule has 1 rings (SSSR count). The van der Waals surface area contributed by atoms with Gasteiger partial charge in [-0.05, 0) is 6.92 Å². The molecule has 8 heteroatoms. The largest absolute Gasteiger partial charge is 0.481 e. The second-order valence-electron chi connectivity index (χ2n) is 3.40. The van der Waals surface area contributed by atoms with Crippen LogP contribution in [-0.4, -0.2) is 45.0 Å². The van der Waals surface area contributed by atoms with Crippen molar-refractivity contribution < 1.29 is 29.6 Å². The fourth-order valence-corrected chi connectivity index (χ4v) is 2.01. The number of aliphatic hydroxyl groups is 2. The third kappa shape index (κ3) is 3.76. The van der Waals surface area contributed by atoms with Crippen molar-refractivity contribution in [3.05, 3.63) is 16.1 Å². The van der Waals surface area contributed by atoms with E-state index in [1.54, 1.807) is 6.92 Å². The average molecular weight is 275 g/mol. The number of ether oxygens (including phenoxy) is 1. The molecule has 1 aromatic rings. The Balaban J connectivity index is 2.72. The molecule has 0 aliphatic rings. The Morgan fingerprint density at radius 3 is 2.72 bits per heavy atom. The number of aromatic nitrogens is 1. The van der Waals surface area contributed by atoms with Crippen LogP contribution in [0.5, 0.6) is 0 Å². The van der Waals surface area contributed by atoms with Gasteiger partial charge in [-0.15, -0.1) is 11.3 Å². The predicted octanol–water partition coefficient (Wildman–Crippen LogP) is 0.189. The SMILES string of the molecule is CCOC(=O)c1csc(C(O)C(O)CC(=O)O)n1. The summed E-state index contributed by atoms with van der Waals surface area (Å²) >= 11 is 0.952. The summed E-state index contributed by atoms with van der Waals surface area (Å²) in [5.41, 5.74) is 0.0263.